The average molecular weight is 141 g/mol. The van der Waals surface area contributed by atoms with E-state index in [1.807, 2.05) is 0 Å². The van der Waals surface area contributed by atoms with Crippen LogP contribution in [-0.4, -0.2) is 23.0 Å². The molecule has 1 atom stereocenters. The Morgan fingerprint density at radius 1 is 1.70 bits per heavy atom. The maximum Gasteiger partial charge on any atom is 0.325 e. The summed E-state index contributed by atoms with van der Waals surface area (Å²) in [4.78, 5) is 20.4. The molecule has 0 saturated heterocycles. The lowest BCUT2D eigenvalue weighted by atomic mass is 10.3. The van der Waals surface area contributed by atoms with Crippen LogP contribution in [-0.2, 0) is 9.59 Å². The molecule has 0 fully saturated rings. The normalized spacial score (nSPS) is 11.2. The number of amides is 1. The van der Waals surface area contributed by atoms with E-state index in [0.717, 1.165) is 0 Å². The zero-order chi connectivity index (χ0) is 8.15. The Balaban J connectivity index is 3.82. The van der Waals surface area contributed by atoms with E-state index in [9.17, 15) is 9.59 Å². The molecular formula is C6H7NO3. The van der Waals surface area contributed by atoms with Crippen LogP contribution in [0.3, 0.4) is 0 Å². The second-order valence-corrected chi connectivity index (χ2v) is 1.68. The quantitative estimate of drug-likeness (QED) is 0.495. The maximum atomic E-state index is 10.3. The van der Waals surface area contributed by atoms with Crippen molar-refractivity contribution in [2.45, 2.75) is 13.0 Å². The molecule has 0 heterocycles. The summed E-state index contributed by atoms with van der Waals surface area (Å²) < 4.78 is 0. The number of hydrogen-bond acceptors (Lipinski definition) is 2. The van der Waals surface area contributed by atoms with E-state index in [0.29, 0.717) is 0 Å². The molecule has 4 heteroatoms. The fourth-order valence-electron chi connectivity index (χ4n) is 0.300. The number of carboxylic acids is 1. The van der Waals surface area contributed by atoms with Gasteiger partial charge in [-0.25, -0.2) is 0 Å². The average Bonchev–Trinajstić information content (AvgIpc) is 1.87. The number of hydrogen-bond donors (Lipinski definition) is 2. The third-order valence-corrected chi connectivity index (χ3v) is 0.849. The van der Waals surface area contributed by atoms with E-state index >= 15 is 0 Å². The molecule has 0 rings (SSSR count). The second kappa shape index (κ2) is 3.51. The Labute approximate surface area is 58.2 Å². The van der Waals surface area contributed by atoms with Gasteiger partial charge in [0.05, 0.1) is 0 Å². The van der Waals surface area contributed by atoms with Gasteiger partial charge in [-0.15, -0.1) is 6.42 Å². The summed E-state index contributed by atoms with van der Waals surface area (Å²) in [6.45, 7) is 1.33. The molecule has 0 radical (unpaired) electrons. The van der Waals surface area contributed by atoms with Gasteiger partial charge in [-0.1, -0.05) is 0 Å². The first-order valence-electron chi connectivity index (χ1n) is 2.58. The summed E-state index contributed by atoms with van der Waals surface area (Å²) in [5.74, 6) is -0.0835. The van der Waals surface area contributed by atoms with Crippen molar-refractivity contribution in [1.82, 2.24) is 5.32 Å². The topological polar surface area (TPSA) is 66.4 Å². The molecule has 2 N–H and O–H groups in total. The van der Waals surface area contributed by atoms with Crippen molar-refractivity contribution in [3.05, 3.63) is 0 Å². The van der Waals surface area contributed by atoms with Gasteiger partial charge in [0.15, 0.2) is 0 Å². The third kappa shape index (κ3) is 2.72. The van der Waals surface area contributed by atoms with Gasteiger partial charge >= 0.3 is 5.97 Å². The van der Waals surface area contributed by atoms with Crippen LogP contribution in [0.15, 0.2) is 0 Å². The van der Waals surface area contributed by atoms with Crippen molar-refractivity contribution in [2.75, 3.05) is 0 Å². The van der Waals surface area contributed by atoms with Crippen molar-refractivity contribution >= 4 is 11.9 Å². The Morgan fingerprint density at radius 2 is 2.20 bits per heavy atom. The Bertz CT molecular complexity index is 192. The van der Waals surface area contributed by atoms with Gasteiger partial charge in [0.1, 0.15) is 6.04 Å². The minimum atomic E-state index is -1.11. The lowest BCUT2D eigenvalue weighted by molar-refractivity contribution is -0.140. The number of carboxylic acid groups (broad SMARTS) is 1. The number of terminal acetylenes is 1. The molecule has 0 saturated carbocycles. The van der Waals surface area contributed by atoms with Crippen LogP contribution in [0.1, 0.15) is 6.92 Å². The molecule has 0 aliphatic rings. The zero-order valence-electron chi connectivity index (χ0n) is 5.42. The monoisotopic (exact) mass is 141 g/mol. The summed E-state index contributed by atoms with van der Waals surface area (Å²) >= 11 is 0. The first-order chi connectivity index (χ1) is 4.57. The highest BCUT2D eigenvalue weighted by molar-refractivity contribution is 5.95. The van der Waals surface area contributed by atoms with E-state index in [1.165, 1.54) is 6.92 Å². The molecular weight excluding hydrogens is 134 g/mol. The first kappa shape index (κ1) is 8.50. The summed E-state index contributed by atoms with van der Waals surface area (Å²) in [5.41, 5.74) is 0. The van der Waals surface area contributed by atoms with Crippen LogP contribution in [0.5, 0.6) is 0 Å². The molecule has 54 valence electrons. The van der Waals surface area contributed by atoms with Gasteiger partial charge in [-0.05, 0) is 12.8 Å². The van der Waals surface area contributed by atoms with Gasteiger partial charge in [-0.2, -0.15) is 0 Å². The van der Waals surface area contributed by atoms with Crippen LogP contribution in [0, 0.1) is 12.3 Å². The SMILES string of the molecule is C#CC(=O)N[C@H](C)C(=O)O. The van der Waals surface area contributed by atoms with Crippen LogP contribution in [0.2, 0.25) is 0 Å². The van der Waals surface area contributed by atoms with Crippen molar-refractivity contribution in [2.24, 2.45) is 0 Å². The minimum Gasteiger partial charge on any atom is -0.480 e. The highest BCUT2D eigenvalue weighted by Gasteiger charge is 2.11. The lowest BCUT2D eigenvalue weighted by Crippen LogP contribution is -2.37. The van der Waals surface area contributed by atoms with Gasteiger partial charge in [0, 0.05) is 0 Å². The number of aliphatic carboxylic acids is 1. The summed E-state index contributed by atoms with van der Waals surface area (Å²) in [5, 5.41) is 10.3. The predicted molar refractivity (Wildman–Crippen MR) is 34.1 cm³/mol. The number of carbonyl (C=O) groups is 2. The van der Waals surface area contributed by atoms with Gasteiger partial charge in [0.2, 0.25) is 0 Å². The highest BCUT2D eigenvalue weighted by Crippen LogP contribution is 1.78. The smallest absolute Gasteiger partial charge is 0.325 e. The molecule has 0 aliphatic heterocycles. The molecule has 0 aliphatic carbocycles. The largest absolute Gasteiger partial charge is 0.480 e. The van der Waals surface area contributed by atoms with E-state index in [2.05, 4.69) is 11.7 Å². The highest BCUT2D eigenvalue weighted by atomic mass is 16.4. The Morgan fingerprint density at radius 3 is 2.50 bits per heavy atom. The second-order valence-electron chi connectivity index (χ2n) is 1.68. The van der Waals surface area contributed by atoms with Crippen molar-refractivity contribution < 1.29 is 14.7 Å². The molecule has 10 heavy (non-hydrogen) atoms. The predicted octanol–water partition coefficient (Wildman–Crippen LogP) is -0.791. The molecule has 0 bridgehead atoms. The number of carbonyl (C=O) groups excluding carboxylic acids is 1. The Hall–Kier alpha value is -1.50. The lowest BCUT2D eigenvalue weighted by Gasteiger charge is -2.03. The Kier molecular flexibility index (Phi) is 2.98. The van der Waals surface area contributed by atoms with Gasteiger partial charge in [0.25, 0.3) is 5.91 Å². The molecule has 4 nitrogen and oxygen atoms in total. The molecule has 0 aromatic rings. The fourth-order valence-corrected chi connectivity index (χ4v) is 0.300. The number of rotatable bonds is 2. The van der Waals surface area contributed by atoms with E-state index < -0.39 is 17.9 Å². The van der Waals surface area contributed by atoms with Crippen LogP contribution >= 0.6 is 0 Å². The molecule has 0 aromatic heterocycles. The molecule has 0 aromatic carbocycles. The van der Waals surface area contributed by atoms with Crippen molar-refractivity contribution in [1.29, 1.82) is 0 Å². The van der Waals surface area contributed by atoms with Gasteiger partial charge in [-0.3, -0.25) is 9.59 Å². The summed E-state index contributed by atoms with van der Waals surface area (Å²) in [6, 6.07) is -0.927. The first-order valence-corrected chi connectivity index (χ1v) is 2.58. The standard InChI is InChI=1S/C6H7NO3/c1-3-5(8)7-4(2)6(9)10/h1,4H,2H3,(H,7,8)(H,9,10)/t4-/m1/s1. The van der Waals surface area contributed by atoms with E-state index in [4.69, 9.17) is 5.11 Å². The van der Waals surface area contributed by atoms with E-state index in [1.54, 1.807) is 5.92 Å². The van der Waals surface area contributed by atoms with Crippen molar-refractivity contribution in [3.8, 4) is 12.3 Å². The van der Waals surface area contributed by atoms with Crippen LogP contribution < -0.4 is 5.32 Å². The zero-order valence-corrected chi connectivity index (χ0v) is 5.42. The van der Waals surface area contributed by atoms with E-state index in [-0.39, 0.29) is 0 Å². The molecule has 0 spiro atoms. The number of nitrogens with one attached hydrogen (secondary N) is 1. The molecule has 1 amide bonds. The van der Waals surface area contributed by atoms with Crippen molar-refractivity contribution in [3.63, 3.8) is 0 Å². The minimum absolute atomic E-state index is 0.713. The summed E-state index contributed by atoms with van der Waals surface area (Å²) in [7, 11) is 0. The third-order valence-electron chi connectivity index (χ3n) is 0.849. The van der Waals surface area contributed by atoms with Crippen LogP contribution in [0.25, 0.3) is 0 Å². The van der Waals surface area contributed by atoms with Gasteiger partial charge < -0.3 is 10.4 Å². The molecule has 0 unspecified atom stereocenters. The van der Waals surface area contributed by atoms with Crippen LogP contribution in [0.4, 0.5) is 0 Å². The maximum absolute atomic E-state index is 10.3. The summed E-state index contributed by atoms with van der Waals surface area (Å²) in [6.07, 6.45) is 4.67. The fraction of sp³-hybridized carbons (Fsp3) is 0.333.